The Morgan fingerprint density at radius 2 is 2.23 bits per heavy atom. The van der Waals surface area contributed by atoms with Crippen LogP contribution in [0, 0.1) is 11.8 Å². The summed E-state index contributed by atoms with van der Waals surface area (Å²) in [6.07, 6.45) is 1.93. The quantitative estimate of drug-likeness (QED) is 0.786. The molecule has 1 aromatic heterocycles. The fourth-order valence-electron chi connectivity index (χ4n) is 0.988. The van der Waals surface area contributed by atoms with E-state index >= 15 is 0 Å². The normalized spacial score (nSPS) is 13.5. The minimum absolute atomic E-state index is 0.743. The molecule has 0 radical (unpaired) electrons. The van der Waals surface area contributed by atoms with Crippen molar-refractivity contribution in [2.45, 2.75) is 27.3 Å². The molecule has 1 heterocycles. The molecule has 1 N–H and O–H groups in total. The molecule has 1 rings (SSSR count). The van der Waals surface area contributed by atoms with Gasteiger partial charge in [0, 0.05) is 17.6 Å². The Balaban J connectivity index is 2.14. The zero-order chi connectivity index (χ0) is 9.68. The van der Waals surface area contributed by atoms with E-state index in [4.69, 9.17) is 0 Å². The van der Waals surface area contributed by atoms with Gasteiger partial charge in [-0.05, 0) is 18.4 Å². The van der Waals surface area contributed by atoms with Crippen molar-refractivity contribution in [2.75, 3.05) is 6.54 Å². The predicted octanol–water partition coefficient (Wildman–Crippen LogP) is 2.52. The summed E-state index contributed by atoms with van der Waals surface area (Å²) in [6.45, 7) is 8.86. The van der Waals surface area contributed by atoms with Crippen LogP contribution in [-0.4, -0.2) is 11.5 Å². The average Bonchev–Trinajstić information content (AvgIpc) is 2.56. The first-order chi connectivity index (χ1) is 6.20. The molecule has 3 heteroatoms. The molecule has 0 aromatic carbocycles. The molecule has 0 spiro atoms. The molecular weight excluding hydrogens is 180 g/mol. The van der Waals surface area contributed by atoms with E-state index in [0.29, 0.717) is 0 Å². The van der Waals surface area contributed by atoms with Crippen molar-refractivity contribution in [3.05, 3.63) is 16.6 Å². The van der Waals surface area contributed by atoms with Crippen molar-refractivity contribution in [3.8, 4) is 0 Å². The summed E-state index contributed by atoms with van der Waals surface area (Å²) >= 11 is 1.71. The molecule has 0 aliphatic carbocycles. The molecule has 0 bridgehead atoms. The van der Waals surface area contributed by atoms with Crippen molar-refractivity contribution in [3.63, 3.8) is 0 Å². The van der Waals surface area contributed by atoms with Crippen LogP contribution in [0.2, 0.25) is 0 Å². The van der Waals surface area contributed by atoms with Crippen LogP contribution in [0.3, 0.4) is 0 Å². The van der Waals surface area contributed by atoms with Gasteiger partial charge in [0.1, 0.15) is 0 Å². The highest BCUT2D eigenvalue weighted by molar-refractivity contribution is 7.09. The summed E-state index contributed by atoms with van der Waals surface area (Å²) in [4.78, 5) is 5.35. The largest absolute Gasteiger partial charge is 0.312 e. The first-order valence-electron chi connectivity index (χ1n) is 4.78. The lowest BCUT2D eigenvalue weighted by Gasteiger charge is -2.15. The topological polar surface area (TPSA) is 24.9 Å². The van der Waals surface area contributed by atoms with Crippen molar-refractivity contribution in [1.29, 1.82) is 0 Å². The number of nitrogens with one attached hydrogen (secondary N) is 1. The van der Waals surface area contributed by atoms with Gasteiger partial charge in [0.2, 0.25) is 0 Å². The van der Waals surface area contributed by atoms with Gasteiger partial charge in [-0.2, -0.15) is 0 Å². The van der Waals surface area contributed by atoms with Gasteiger partial charge >= 0.3 is 0 Å². The summed E-state index contributed by atoms with van der Waals surface area (Å²) in [5.41, 5.74) is 1.88. The highest BCUT2D eigenvalue weighted by Crippen LogP contribution is 2.09. The molecule has 0 fully saturated rings. The standard InChI is InChI=1S/C10H18N2S/c1-8(2)9(3)4-11-5-10-6-12-7-13-10/h6-9,11H,4-5H2,1-3H3. The fourth-order valence-corrected chi connectivity index (χ4v) is 1.55. The number of rotatable bonds is 5. The monoisotopic (exact) mass is 198 g/mol. The summed E-state index contributed by atoms with van der Waals surface area (Å²) in [6, 6.07) is 0. The highest BCUT2D eigenvalue weighted by Gasteiger charge is 2.05. The van der Waals surface area contributed by atoms with Gasteiger partial charge in [-0.25, -0.2) is 0 Å². The van der Waals surface area contributed by atoms with Gasteiger partial charge in [0.15, 0.2) is 0 Å². The Morgan fingerprint density at radius 3 is 2.77 bits per heavy atom. The Morgan fingerprint density at radius 1 is 1.46 bits per heavy atom. The van der Waals surface area contributed by atoms with Gasteiger partial charge in [-0.15, -0.1) is 11.3 Å². The summed E-state index contributed by atoms with van der Waals surface area (Å²) in [5.74, 6) is 1.50. The van der Waals surface area contributed by atoms with Crippen LogP contribution < -0.4 is 5.32 Å². The van der Waals surface area contributed by atoms with Gasteiger partial charge in [0.05, 0.1) is 5.51 Å². The molecule has 1 unspecified atom stereocenters. The number of hydrogen-bond donors (Lipinski definition) is 1. The van der Waals surface area contributed by atoms with E-state index in [9.17, 15) is 0 Å². The number of aromatic nitrogens is 1. The average molecular weight is 198 g/mol. The Labute approximate surface area is 84.4 Å². The smallest absolute Gasteiger partial charge is 0.0794 e. The van der Waals surface area contributed by atoms with E-state index in [-0.39, 0.29) is 0 Å². The third kappa shape index (κ3) is 3.87. The highest BCUT2D eigenvalue weighted by atomic mass is 32.1. The molecule has 0 aliphatic rings. The number of nitrogens with zero attached hydrogens (tertiary/aromatic N) is 1. The van der Waals surface area contributed by atoms with Crippen molar-refractivity contribution in [2.24, 2.45) is 11.8 Å². The maximum absolute atomic E-state index is 4.03. The minimum atomic E-state index is 0.743. The van der Waals surface area contributed by atoms with E-state index < -0.39 is 0 Å². The van der Waals surface area contributed by atoms with Crippen LogP contribution in [0.5, 0.6) is 0 Å². The lowest BCUT2D eigenvalue weighted by molar-refractivity contribution is 0.393. The molecule has 13 heavy (non-hydrogen) atoms. The van der Waals surface area contributed by atoms with Crippen LogP contribution in [0.1, 0.15) is 25.6 Å². The lowest BCUT2D eigenvalue weighted by atomic mass is 9.98. The summed E-state index contributed by atoms with van der Waals surface area (Å²) in [5, 5.41) is 3.44. The number of thiazole rings is 1. The molecule has 0 saturated heterocycles. The molecular formula is C10H18N2S. The van der Waals surface area contributed by atoms with Gasteiger partial charge in [-0.1, -0.05) is 20.8 Å². The Bertz CT molecular complexity index is 219. The maximum Gasteiger partial charge on any atom is 0.0794 e. The van der Waals surface area contributed by atoms with Gasteiger partial charge in [0.25, 0.3) is 0 Å². The number of hydrogen-bond acceptors (Lipinski definition) is 3. The van der Waals surface area contributed by atoms with Crippen LogP contribution in [0.15, 0.2) is 11.7 Å². The minimum Gasteiger partial charge on any atom is -0.312 e. The zero-order valence-corrected chi connectivity index (χ0v) is 9.40. The van der Waals surface area contributed by atoms with Crippen LogP contribution in [0.4, 0.5) is 0 Å². The van der Waals surface area contributed by atoms with Gasteiger partial charge in [-0.3, -0.25) is 4.98 Å². The first kappa shape index (κ1) is 10.7. The van der Waals surface area contributed by atoms with Crippen molar-refractivity contribution in [1.82, 2.24) is 10.3 Å². The van der Waals surface area contributed by atoms with Gasteiger partial charge < -0.3 is 5.32 Å². The summed E-state index contributed by atoms with van der Waals surface area (Å²) in [7, 11) is 0. The maximum atomic E-state index is 4.03. The Kier molecular flexibility index (Phi) is 4.39. The molecule has 0 amide bonds. The van der Waals surface area contributed by atoms with Crippen molar-refractivity contribution >= 4 is 11.3 Å². The van der Waals surface area contributed by atoms with Crippen LogP contribution in [0.25, 0.3) is 0 Å². The third-order valence-corrected chi connectivity index (χ3v) is 3.17. The van der Waals surface area contributed by atoms with Crippen molar-refractivity contribution < 1.29 is 0 Å². The fraction of sp³-hybridized carbons (Fsp3) is 0.700. The SMILES string of the molecule is CC(C)C(C)CNCc1cncs1. The van der Waals surface area contributed by atoms with E-state index in [1.807, 2.05) is 11.7 Å². The van der Waals surface area contributed by atoms with E-state index in [0.717, 1.165) is 24.9 Å². The molecule has 1 aromatic rings. The second-order valence-electron chi connectivity index (χ2n) is 3.82. The second-order valence-corrected chi connectivity index (χ2v) is 4.79. The second kappa shape index (κ2) is 5.35. The molecule has 74 valence electrons. The van der Waals surface area contributed by atoms with E-state index in [1.54, 1.807) is 11.3 Å². The summed E-state index contributed by atoms with van der Waals surface area (Å²) < 4.78 is 0. The molecule has 0 saturated carbocycles. The predicted molar refractivity (Wildman–Crippen MR) is 57.8 cm³/mol. The third-order valence-electron chi connectivity index (χ3n) is 2.39. The Hall–Kier alpha value is -0.410. The molecule has 0 aliphatic heterocycles. The molecule has 1 atom stereocenters. The van der Waals surface area contributed by atoms with Crippen LogP contribution in [-0.2, 0) is 6.54 Å². The van der Waals surface area contributed by atoms with E-state index in [1.165, 1.54) is 4.88 Å². The van der Waals surface area contributed by atoms with Crippen LogP contribution >= 0.6 is 11.3 Å². The van der Waals surface area contributed by atoms with E-state index in [2.05, 4.69) is 31.1 Å². The first-order valence-corrected chi connectivity index (χ1v) is 5.66. The zero-order valence-electron chi connectivity index (χ0n) is 8.58. The molecule has 2 nitrogen and oxygen atoms in total. The lowest BCUT2D eigenvalue weighted by Crippen LogP contribution is -2.23.